The second kappa shape index (κ2) is 21.4. The molecule has 0 unspecified atom stereocenters. The van der Waals surface area contributed by atoms with Gasteiger partial charge in [-0.05, 0) is 169 Å². The molecule has 0 atom stereocenters. The van der Waals surface area contributed by atoms with Crippen molar-refractivity contribution in [2.75, 3.05) is 9.80 Å². The normalized spacial score (nSPS) is 13.1. The molecule has 14 rings (SSSR count). The van der Waals surface area contributed by atoms with Crippen molar-refractivity contribution < 1.29 is 24.5 Å². The van der Waals surface area contributed by atoms with Gasteiger partial charge in [-0.2, -0.15) is 0 Å². The third-order valence-electron chi connectivity index (χ3n) is 17.7. The molecular weight excluding hydrogens is 1230 g/mol. The van der Waals surface area contributed by atoms with E-state index in [0.29, 0.717) is 0 Å². The summed E-state index contributed by atoms with van der Waals surface area (Å²) in [6.45, 7) is 31.9. The zero-order valence-electron chi connectivity index (χ0n) is 51.9. The standard InChI is InChI=1S/C65H62BN4.C13H11FN.Ir/c1-62(2,3)42-22-28-46(29-23-42)68-55-33-26-44(64(7,8)9)38-51(55)66-52-39-45(65(10,11)12)27-34-56(52)69(47-30-24-43(25-31-47)63(4,5)6)59-37-41(36-58(68)60(59)66)40-21-32-53-57(35-40)70-54-20-16-15-18-49(54)48-17-13-14-19-50(48)61(70)67-53;1-9-7-13(15-8-10(9)2)11-3-5-12(14)6-4-11;/h13-18,20-39H,1-12H3;3,5-8H,1-2H3;/q2*-1;. The fourth-order valence-electron chi connectivity index (χ4n) is 12.6. The maximum absolute atomic E-state index is 12.7. The molecule has 0 saturated carbocycles. The molecule has 2 aliphatic heterocycles. The van der Waals surface area contributed by atoms with Gasteiger partial charge in [0.25, 0.3) is 6.71 Å². The van der Waals surface area contributed by atoms with Crippen LogP contribution in [-0.2, 0) is 41.8 Å². The Bertz CT molecular complexity index is 4460. The minimum absolute atomic E-state index is 0. The molecule has 2 aliphatic rings. The number of halogens is 1. The van der Waals surface area contributed by atoms with Gasteiger partial charge in [0, 0.05) is 71.8 Å². The van der Waals surface area contributed by atoms with E-state index in [1.807, 2.05) is 32.2 Å². The summed E-state index contributed by atoms with van der Waals surface area (Å²) in [5.74, 6) is -0.275. The van der Waals surface area contributed by atoms with E-state index in [4.69, 9.17) is 4.98 Å². The number of pyridine rings is 2. The molecule has 5 nitrogen and oxygen atoms in total. The van der Waals surface area contributed by atoms with E-state index in [-0.39, 0.29) is 54.3 Å². The first-order valence-corrected chi connectivity index (χ1v) is 29.9. The first-order chi connectivity index (χ1) is 40.4. The number of anilines is 6. The predicted molar refractivity (Wildman–Crippen MR) is 359 cm³/mol. The van der Waals surface area contributed by atoms with Crippen LogP contribution in [0.5, 0.6) is 0 Å². The number of hydrogen-bond acceptors (Lipinski definition) is 4. The van der Waals surface area contributed by atoms with Crippen LogP contribution in [0.3, 0.4) is 0 Å². The van der Waals surface area contributed by atoms with Crippen LogP contribution >= 0.6 is 0 Å². The zero-order valence-corrected chi connectivity index (χ0v) is 54.3. The average Bonchev–Trinajstić information content (AvgIpc) is 0.743. The van der Waals surface area contributed by atoms with Gasteiger partial charge in [-0.25, -0.2) is 0 Å². The van der Waals surface area contributed by atoms with E-state index in [1.165, 1.54) is 89.9 Å². The first-order valence-electron chi connectivity index (χ1n) is 29.9. The van der Waals surface area contributed by atoms with Crippen LogP contribution in [0.2, 0.25) is 0 Å². The SMILES string of the molecule is CC(C)(C)c1ccc(N2c3ccc(C(C)(C)C)cc3B3c4cc(C(C)(C)C)ccc4N(c4ccc(C(C)(C)C)cc4)c4cc(-c5ccc6nc7c8[c-]cccc8c8ccccc8n7c6c5)cc2c43)cc1.Cc1cnc(-c2[c-]cc(F)cc2)cc1C.[Ir]. The summed E-state index contributed by atoms with van der Waals surface area (Å²) in [6.07, 6.45) is 1.82. The monoisotopic (exact) mass is 1300 g/mol. The van der Waals surface area contributed by atoms with Crippen molar-refractivity contribution in [3.05, 3.63) is 240 Å². The summed E-state index contributed by atoms with van der Waals surface area (Å²) in [4.78, 5) is 14.7. The number of benzene rings is 9. The van der Waals surface area contributed by atoms with Crippen molar-refractivity contribution in [3.63, 3.8) is 0 Å². The van der Waals surface area contributed by atoms with Gasteiger partial charge in [-0.15, -0.1) is 59.5 Å². The van der Waals surface area contributed by atoms with Crippen molar-refractivity contribution in [1.82, 2.24) is 14.4 Å². The minimum atomic E-state index is -0.275. The van der Waals surface area contributed by atoms with Crippen molar-refractivity contribution in [2.45, 2.75) is 119 Å². The molecule has 0 fully saturated rings. The maximum atomic E-state index is 12.7. The fourth-order valence-corrected chi connectivity index (χ4v) is 12.6. The van der Waals surface area contributed by atoms with Gasteiger partial charge in [0.15, 0.2) is 0 Å². The molecule has 9 aromatic carbocycles. The van der Waals surface area contributed by atoms with Crippen molar-refractivity contribution in [2.24, 2.45) is 0 Å². The fraction of sp³-hybridized carbons (Fsp3) is 0.231. The van der Waals surface area contributed by atoms with Crippen LogP contribution in [0, 0.1) is 31.8 Å². The molecule has 3 aromatic heterocycles. The number of para-hydroxylation sites is 1. The molecule has 0 saturated heterocycles. The Morgan fingerprint density at radius 1 is 0.477 bits per heavy atom. The van der Waals surface area contributed by atoms with E-state index in [9.17, 15) is 4.39 Å². The summed E-state index contributed by atoms with van der Waals surface area (Å²) in [5.41, 5.74) is 26.8. The van der Waals surface area contributed by atoms with Crippen LogP contribution in [0.15, 0.2) is 188 Å². The molecule has 1 radical (unpaired) electrons. The number of rotatable bonds is 4. The van der Waals surface area contributed by atoms with E-state index in [1.54, 1.807) is 6.07 Å². The minimum Gasteiger partial charge on any atom is -0.333 e. The van der Waals surface area contributed by atoms with Crippen molar-refractivity contribution in [1.29, 1.82) is 0 Å². The molecule has 431 valence electrons. The Morgan fingerprint density at radius 3 is 1.56 bits per heavy atom. The summed E-state index contributed by atoms with van der Waals surface area (Å²) < 4.78 is 15.0. The van der Waals surface area contributed by atoms with Crippen LogP contribution in [0.1, 0.15) is 116 Å². The Morgan fingerprint density at radius 2 is 1.02 bits per heavy atom. The average molecular weight is 1300 g/mol. The van der Waals surface area contributed by atoms with Gasteiger partial charge in [0.2, 0.25) is 0 Å². The molecule has 12 aromatic rings. The number of aromatic nitrogens is 3. The van der Waals surface area contributed by atoms with E-state index < -0.39 is 0 Å². The topological polar surface area (TPSA) is 36.7 Å². The molecule has 0 bridgehead atoms. The van der Waals surface area contributed by atoms with Gasteiger partial charge >= 0.3 is 0 Å². The molecule has 8 heteroatoms. The maximum Gasteiger partial charge on any atom is 0.252 e. The number of hydrogen-bond donors (Lipinski definition) is 0. The molecule has 0 N–H and O–H groups in total. The largest absolute Gasteiger partial charge is 0.333 e. The van der Waals surface area contributed by atoms with Crippen LogP contribution in [0.4, 0.5) is 38.5 Å². The summed E-state index contributed by atoms with van der Waals surface area (Å²) >= 11 is 0. The van der Waals surface area contributed by atoms with Crippen molar-refractivity contribution in [3.8, 4) is 22.4 Å². The molecule has 0 spiro atoms. The van der Waals surface area contributed by atoms with E-state index >= 15 is 0 Å². The number of nitrogens with zero attached hydrogens (tertiary/aromatic N) is 5. The van der Waals surface area contributed by atoms with E-state index in [0.717, 1.165) is 66.9 Å². The third-order valence-corrected chi connectivity index (χ3v) is 17.7. The molecular formula is C78H73BFIrN5-2. The van der Waals surface area contributed by atoms with Crippen LogP contribution in [0.25, 0.3) is 60.7 Å². The smallest absolute Gasteiger partial charge is 0.252 e. The van der Waals surface area contributed by atoms with Gasteiger partial charge in [-0.3, -0.25) is 9.37 Å². The summed E-state index contributed by atoms with van der Waals surface area (Å²) in [5, 5.41) is 3.39. The molecule has 5 heterocycles. The summed E-state index contributed by atoms with van der Waals surface area (Å²) in [7, 11) is 0. The van der Waals surface area contributed by atoms with Crippen LogP contribution in [-0.4, -0.2) is 21.1 Å². The quantitative estimate of drug-likeness (QED) is 0.1000. The van der Waals surface area contributed by atoms with E-state index in [2.05, 4.69) is 266 Å². The second-order valence-corrected chi connectivity index (χ2v) is 27.7. The zero-order chi connectivity index (χ0) is 59.6. The van der Waals surface area contributed by atoms with Gasteiger partial charge in [-0.1, -0.05) is 173 Å². The summed E-state index contributed by atoms with van der Waals surface area (Å²) in [6, 6.07) is 73.0. The van der Waals surface area contributed by atoms with Gasteiger partial charge < -0.3 is 19.2 Å². The van der Waals surface area contributed by atoms with Gasteiger partial charge in [0.05, 0.1) is 16.7 Å². The van der Waals surface area contributed by atoms with Crippen molar-refractivity contribution >= 4 is 95.6 Å². The molecule has 0 aliphatic carbocycles. The van der Waals surface area contributed by atoms with Gasteiger partial charge in [0.1, 0.15) is 0 Å². The van der Waals surface area contributed by atoms with Crippen LogP contribution < -0.4 is 26.2 Å². The second-order valence-electron chi connectivity index (χ2n) is 27.7. The Hall–Kier alpha value is -8.16. The first kappa shape index (κ1) is 58.2. The Labute approximate surface area is 521 Å². The third kappa shape index (κ3) is 10.2. The number of imidazole rings is 1. The molecule has 0 amide bonds. The number of aryl methyl sites for hydroxylation is 2. The molecule has 86 heavy (non-hydrogen) atoms. The number of fused-ring (bicyclic) bond motifs is 12. The predicted octanol–water partition coefficient (Wildman–Crippen LogP) is 18.8. The Balaban J connectivity index is 0.000000395. The Kier molecular flexibility index (Phi) is 14.5.